The van der Waals surface area contributed by atoms with E-state index in [1.165, 1.54) is 0 Å². The third-order valence-corrected chi connectivity index (χ3v) is 4.64. The van der Waals surface area contributed by atoms with Gasteiger partial charge in [0.15, 0.2) is 0 Å². The molecule has 1 aromatic carbocycles. The molecule has 0 bridgehead atoms. The number of nitrogens with zero attached hydrogens (tertiary/aromatic N) is 2. The number of aromatic nitrogens is 2. The summed E-state index contributed by atoms with van der Waals surface area (Å²) in [6.45, 7) is 0.991. The van der Waals surface area contributed by atoms with E-state index in [0.717, 1.165) is 11.3 Å². The fourth-order valence-corrected chi connectivity index (χ4v) is 3.17. The lowest BCUT2D eigenvalue weighted by molar-refractivity contribution is 0.102. The molecule has 8 heteroatoms. The molecule has 0 atom stereocenters. The number of amides is 3. The van der Waals surface area contributed by atoms with Crippen LogP contribution < -0.4 is 16.4 Å². The van der Waals surface area contributed by atoms with Crippen LogP contribution in [0.25, 0.3) is 0 Å². The number of carbonyl (C=O) groups excluding carboxylic acids is 2. The molecule has 0 fully saturated rings. The van der Waals surface area contributed by atoms with Crippen molar-refractivity contribution < 1.29 is 9.59 Å². The van der Waals surface area contributed by atoms with Gasteiger partial charge in [-0.15, -0.1) is 0 Å². The lowest BCUT2D eigenvalue weighted by Gasteiger charge is -2.27. The molecule has 2 aromatic heterocycles. The first-order valence-electron chi connectivity index (χ1n) is 8.93. The van der Waals surface area contributed by atoms with Crippen molar-refractivity contribution in [1.29, 1.82) is 0 Å². The first-order chi connectivity index (χ1) is 13.6. The van der Waals surface area contributed by atoms with E-state index in [1.54, 1.807) is 47.6 Å². The first-order valence-corrected chi connectivity index (χ1v) is 8.93. The van der Waals surface area contributed by atoms with E-state index in [0.29, 0.717) is 42.3 Å². The smallest absolute Gasteiger partial charge is 0.322 e. The average Bonchev–Trinajstić information content (AvgIpc) is 3.14. The molecule has 4 rings (SSSR count). The van der Waals surface area contributed by atoms with Crippen molar-refractivity contribution in [2.24, 2.45) is 0 Å². The Morgan fingerprint density at radius 2 is 2.00 bits per heavy atom. The molecule has 0 radical (unpaired) electrons. The van der Waals surface area contributed by atoms with Gasteiger partial charge in [0.1, 0.15) is 5.69 Å². The summed E-state index contributed by atoms with van der Waals surface area (Å²) in [5.41, 5.74) is 9.94. The summed E-state index contributed by atoms with van der Waals surface area (Å²) in [7, 11) is 0. The van der Waals surface area contributed by atoms with Gasteiger partial charge in [-0.05, 0) is 35.9 Å². The number of benzene rings is 1. The van der Waals surface area contributed by atoms with Gasteiger partial charge in [0.25, 0.3) is 5.91 Å². The van der Waals surface area contributed by atoms with Crippen LogP contribution in [0, 0.1) is 0 Å². The summed E-state index contributed by atoms with van der Waals surface area (Å²) < 4.78 is 0. The fraction of sp³-hybridized carbons (Fsp3) is 0.150. The summed E-state index contributed by atoms with van der Waals surface area (Å²) >= 11 is 0. The van der Waals surface area contributed by atoms with Gasteiger partial charge in [-0.25, -0.2) is 4.79 Å². The summed E-state index contributed by atoms with van der Waals surface area (Å²) in [5, 5.41) is 5.64. The standard InChI is InChI=1S/C20H20N6O2/c21-15-5-1-2-6-17(15)25-19(27)18-10-13-12-26(9-7-16(13)24-18)20(28)23-14-4-3-8-22-11-14/h1-6,8,10-11,24H,7,9,12,21H2,(H,23,28)(H,25,27). The number of hydrogen-bond acceptors (Lipinski definition) is 4. The molecule has 3 amide bonds. The fourth-order valence-electron chi connectivity index (χ4n) is 3.17. The highest BCUT2D eigenvalue weighted by Gasteiger charge is 2.24. The van der Waals surface area contributed by atoms with Crippen molar-refractivity contribution in [1.82, 2.24) is 14.9 Å². The van der Waals surface area contributed by atoms with Gasteiger partial charge in [-0.1, -0.05) is 12.1 Å². The van der Waals surface area contributed by atoms with Crippen LogP contribution in [0.3, 0.4) is 0 Å². The molecular formula is C20H20N6O2. The van der Waals surface area contributed by atoms with Gasteiger partial charge in [0.05, 0.1) is 23.3 Å². The quantitative estimate of drug-likeness (QED) is 0.526. The molecule has 3 heterocycles. The maximum atomic E-state index is 12.5. The number of nitrogens with two attached hydrogens (primary N) is 1. The molecule has 0 saturated heterocycles. The molecule has 142 valence electrons. The van der Waals surface area contributed by atoms with Gasteiger partial charge < -0.3 is 26.3 Å². The van der Waals surface area contributed by atoms with E-state index >= 15 is 0 Å². The molecule has 0 spiro atoms. The second-order valence-electron chi connectivity index (χ2n) is 6.57. The van der Waals surface area contributed by atoms with Crippen molar-refractivity contribution in [3.05, 3.63) is 71.8 Å². The Balaban J connectivity index is 1.44. The molecule has 28 heavy (non-hydrogen) atoms. The number of aromatic amines is 1. The Morgan fingerprint density at radius 3 is 2.79 bits per heavy atom. The van der Waals surface area contributed by atoms with Gasteiger partial charge in [0, 0.05) is 31.4 Å². The predicted octanol–water partition coefficient (Wildman–Crippen LogP) is 2.83. The van der Waals surface area contributed by atoms with Crippen LogP contribution in [0.4, 0.5) is 21.9 Å². The summed E-state index contributed by atoms with van der Waals surface area (Å²) in [6, 6.07) is 12.2. The second kappa shape index (κ2) is 7.43. The molecule has 0 aliphatic carbocycles. The zero-order valence-corrected chi connectivity index (χ0v) is 15.1. The highest BCUT2D eigenvalue weighted by Crippen LogP contribution is 2.22. The molecule has 1 aliphatic rings. The Kier molecular flexibility index (Phi) is 4.67. The number of fused-ring (bicyclic) bond motifs is 1. The van der Waals surface area contributed by atoms with Crippen molar-refractivity contribution in [3.8, 4) is 0 Å². The zero-order valence-electron chi connectivity index (χ0n) is 15.1. The third-order valence-electron chi connectivity index (χ3n) is 4.64. The monoisotopic (exact) mass is 376 g/mol. The number of nitrogens with one attached hydrogen (secondary N) is 3. The molecule has 8 nitrogen and oxygen atoms in total. The predicted molar refractivity (Wildman–Crippen MR) is 107 cm³/mol. The largest absolute Gasteiger partial charge is 0.397 e. The number of para-hydroxylation sites is 2. The van der Waals surface area contributed by atoms with Gasteiger partial charge >= 0.3 is 6.03 Å². The molecular weight excluding hydrogens is 356 g/mol. The van der Waals surface area contributed by atoms with E-state index in [2.05, 4.69) is 20.6 Å². The number of urea groups is 1. The van der Waals surface area contributed by atoms with Crippen molar-refractivity contribution in [2.75, 3.05) is 22.9 Å². The van der Waals surface area contributed by atoms with Gasteiger partial charge in [0.2, 0.25) is 0 Å². The third kappa shape index (κ3) is 3.66. The topological polar surface area (TPSA) is 116 Å². The van der Waals surface area contributed by atoms with E-state index in [4.69, 9.17) is 5.73 Å². The average molecular weight is 376 g/mol. The van der Waals surface area contributed by atoms with Crippen LogP contribution in [0.2, 0.25) is 0 Å². The number of anilines is 3. The number of H-pyrrole nitrogens is 1. The van der Waals surface area contributed by atoms with Crippen LogP contribution in [-0.2, 0) is 13.0 Å². The minimum Gasteiger partial charge on any atom is -0.397 e. The van der Waals surface area contributed by atoms with Gasteiger partial charge in [-0.2, -0.15) is 0 Å². The Morgan fingerprint density at radius 1 is 1.14 bits per heavy atom. The summed E-state index contributed by atoms with van der Waals surface area (Å²) in [5.74, 6) is -0.265. The maximum absolute atomic E-state index is 12.5. The second-order valence-corrected chi connectivity index (χ2v) is 6.57. The van der Waals surface area contributed by atoms with E-state index in [1.807, 2.05) is 12.1 Å². The number of carbonyl (C=O) groups is 2. The lowest BCUT2D eigenvalue weighted by Crippen LogP contribution is -2.38. The molecule has 3 aromatic rings. The van der Waals surface area contributed by atoms with Crippen molar-refractivity contribution in [3.63, 3.8) is 0 Å². The first kappa shape index (κ1) is 17.6. The SMILES string of the molecule is Nc1ccccc1NC(=O)c1cc2c([nH]1)CCN(C(=O)Nc1cccnc1)C2. The normalized spacial score (nSPS) is 12.9. The van der Waals surface area contributed by atoms with Crippen molar-refractivity contribution in [2.45, 2.75) is 13.0 Å². The highest BCUT2D eigenvalue weighted by molar-refractivity contribution is 6.04. The number of rotatable bonds is 3. The summed E-state index contributed by atoms with van der Waals surface area (Å²) in [6.07, 6.45) is 3.90. The van der Waals surface area contributed by atoms with E-state index < -0.39 is 0 Å². The zero-order chi connectivity index (χ0) is 19.5. The Bertz CT molecular complexity index is 1010. The Labute approximate surface area is 161 Å². The van der Waals surface area contributed by atoms with Crippen LogP contribution in [0.1, 0.15) is 21.7 Å². The van der Waals surface area contributed by atoms with E-state index in [9.17, 15) is 9.59 Å². The van der Waals surface area contributed by atoms with Gasteiger partial charge in [-0.3, -0.25) is 9.78 Å². The number of nitrogen functional groups attached to an aromatic ring is 1. The lowest BCUT2D eigenvalue weighted by atomic mass is 10.1. The van der Waals surface area contributed by atoms with Crippen LogP contribution in [-0.4, -0.2) is 33.4 Å². The number of hydrogen-bond donors (Lipinski definition) is 4. The van der Waals surface area contributed by atoms with Crippen LogP contribution in [0.5, 0.6) is 0 Å². The highest BCUT2D eigenvalue weighted by atomic mass is 16.2. The number of pyridine rings is 1. The van der Waals surface area contributed by atoms with Crippen LogP contribution >= 0.6 is 0 Å². The maximum Gasteiger partial charge on any atom is 0.322 e. The molecule has 0 saturated carbocycles. The van der Waals surface area contributed by atoms with Crippen LogP contribution in [0.15, 0.2) is 54.9 Å². The molecule has 5 N–H and O–H groups in total. The minimum atomic E-state index is -0.265. The van der Waals surface area contributed by atoms with E-state index in [-0.39, 0.29) is 11.9 Å². The summed E-state index contributed by atoms with van der Waals surface area (Å²) in [4.78, 5) is 33.9. The molecule has 1 aliphatic heterocycles. The minimum absolute atomic E-state index is 0.192. The van der Waals surface area contributed by atoms with Crippen molar-refractivity contribution >= 4 is 29.0 Å². The molecule has 0 unspecified atom stereocenters. The Hall–Kier alpha value is -3.81.